The molecule has 1 heterocycles. The van der Waals surface area contributed by atoms with Gasteiger partial charge in [-0.2, -0.15) is 0 Å². The Labute approximate surface area is 127 Å². The summed E-state index contributed by atoms with van der Waals surface area (Å²) in [5.41, 5.74) is 0.245. The van der Waals surface area contributed by atoms with E-state index < -0.39 is 5.97 Å². The first-order valence-electron chi connectivity index (χ1n) is 6.46. The highest BCUT2D eigenvalue weighted by molar-refractivity contribution is 6.31. The molecule has 0 unspecified atom stereocenters. The number of halogens is 1. The number of amides is 1. The van der Waals surface area contributed by atoms with Gasteiger partial charge in [-0.25, -0.2) is 4.79 Å². The van der Waals surface area contributed by atoms with Crippen molar-refractivity contribution in [2.24, 2.45) is 0 Å². The summed E-state index contributed by atoms with van der Waals surface area (Å²) in [4.78, 5) is 23.6. The van der Waals surface area contributed by atoms with E-state index in [1.54, 1.807) is 12.1 Å². The van der Waals surface area contributed by atoms with Crippen LogP contribution in [0.25, 0.3) is 0 Å². The van der Waals surface area contributed by atoms with Crippen LogP contribution in [0.3, 0.4) is 0 Å². The normalized spacial score (nSPS) is 16.0. The summed E-state index contributed by atoms with van der Waals surface area (Å²) in [6.07, 6.45) is 0. The van der Waals surface area contributed by atoms with Gasteiger partial charge in [0.25, 0.3) is 0 Å². The monoisotopic (exact) mass is 312 g/mol. The Bertz CT molecular complexity index is 558. The van der Waals surface area contributed by atoms with Gasteiger partial charge in [-0.15, -0.1) is 0 Å². The number of anilines is 1. The Balaban J connectivity index is 2.01. The Hall–Kier alpha value is -1.63. The summed E-state index contributed by atoms with van der Waals surface area (Å²) in [6.45, 7) is 3.28. The molecule has 1 aromatic carbocycles. The van der Waals surface area contributed by atoms with E-state index in [0.717, 1.165) is 0 Å². The van der Waals surface area contributed by atoms with E-state index >= 15 is 0 Å². The van der Waals surface area contributed by atoms with Gasteiger partial charge in [0, 0.05) is 18.1 Å². The number of carbonyl (C=O) groups excluding carboxylic acids is 2. The van der Waals surface area contributed by atoms with Crippen LogP contribution in [0.1, 0.15) is 17.3 Å². The Morgan fingerprint density at radius 1 is 1.43 bits per heavy atom. The van der Waals surface area contributed by atoms with Crippen molar-refractivity contribution < 1.29 is 19.1 Å². The predicted molar refractivity (Wildman–Crippen MR) is 78.6 cm³/mol. The average molecular weight is 313 g/mol. The number of nitrogens with one attached hydrogen (secondary N) is 2. The lowest BCUT2D eigenvalue weighted by molar-refractivity contribution is -0.130. The minimum absolute atomic E-state index is 0.0819. The first-order valence-corrected chi connectivity index (χ1v) is 6.84. The van der Waals surface area contributed by atoms with Crippen molar-refractivity contribution in [1.82, 2.24) is 5.32 Å². The molecule has 1 fully saturated rings. The van der Waals surface area contributed by atoms with Gasteiger partial charge in [0.15, 0.2) is 0 Å². The molecule has 0 radical (unpaired) electrons. The van der Waals surface area contributed by atoms with E-state index in [2.05, 4.69) is 15.4 Å². The largest absolute Gasteiger partial charge is 0.465 e. The van der Waals surface area contributed by atoms with Crippen LogP contribution in [0.5, 0.6) is 0 Å². The molecule has 0 spiro atoms. The molecular formula is C14H17ClN2O4. The van der Waals surface area contributed by atoms with Crippen molar-refractivity contribution in [3.8, 4) is 0 Å². The second-order valence-electron chi connectivity index (χ2n) is 5.07. The van der Waals surface area contributed by atoms with E-state index in [4.69, 9.17) is 16.3 Å². The fourth-order valence-electron chi connectivity index (χ4n) is 1.91. The quantitative estimate of drug-likeness (QED) is 0.805. The van der Waals surface area contributed by atoms with Crippen LogP contribution in [0.2, 0.25) is 5.02 Å². The van der Waals surface area contributed by atoms with Gasteiger partial charge in [-0.3, -0.25) is 4.79 Å². The smallest absolute Gasteiger partial charge is 0.340 e. The van der Waals surface area contributed by atoms with Crippen molar-refractivity contribution in [3.05, 3.63) is 28.8 Å². The molecule has 21 heavy (non-hydrogen) atoms. The van der Waals surface area contributed by atoms with Crippen LogP contribution in [0.15, 0.2) is 18.2 Å². The Morgan fingerprint density at radius 2 is 2.14 bits per heavy atom. The minimum atomic E-state index is -0.566. The zero-order valence-corrected chi connectivity index (χ0v) is 12.6. The SMILES string of the molecule is COC(=O)c1cc(Cl)ccc1NC(=O)COC1(C)CNC1. The highest BCUT2D eigenvalue weighted by Crippen LogP contribution is 2.22. The maximum atomic E-state index is 11.9. The lowest BCUT2D eigenvalue weighted by Gasteiger charge is -2.38. The number of rotatable bonds is 5. The number of esters is 1. The van der Waals surface area contributed by atoms with E-state index in [9.17, 15) is 9.59 Å². The maximum Gasteiger partial charge on any atom is 0.340 e. The Morgan fingerprint density at radius 3 is 2.71 bits per heavy atom. The number of carbonyl (C=O) groups is 2. The van der Waals surface area contributed by atoms with Crippen LogP contribution in [-0.4, -0.2) is 44.3 Å². The molecule has 1 aromatic rings. The van der Waals surface area contributed by atoms with Crippen LogP contribution in [-0.2, 0) is 14.3 Å². The van der Waals surface area contributed by atoms with Crippen LogP contribution >= 0.6 is 11.6 Å². The summed E-state index contributed by atoms with van der Waals surface area (Å²) in [6, 6.07) is 4.59. The molecule has 0 bridgehead atoms. The molecule has 0 aromatic heterocycles. The molecule has 0 saturated carbocycles. The van der Waals surface area contributed by atoms with E-state index in [-0.39, 0.29) is 23.7 Å². The molecular weight excluding hydrogens is 296 g/mol. The highest BCUT2D eigenvalue weighted by Gasteiger charge is 2.33. The Kier molecular flexibility index (Phi) is 4.82. The van der Waals surface area contributed by atoms with Gasteiger partial charge < -0.3 is 20.1 Å². The van der Waals surface area contributed by atoms with Gasteiger partial charge >= 0.3 is 5.97 Å². The predicted octanol–water partition coefficient (Wildman–Crippen LogP) is 1.44. The van der Waals surface area contributed by atoms with E-state index in [0.29, 0.717) is 23.8 Å². The maximum absolute atomic E-state index is 11.9. The second kappa shape index (κ2) is 6.43. The molecule has 1 amide bonds. The van der Waals surface area contributed by atoms with Crippen molar-refractivity contribution >= 4 is 29.2 Å². The third-order valence-corrected chi connectivity index (χ3v) is 3.45. The fourth-order valence-corrected chi connectivity index (χ4v) is 2.08. The summed E-state index contributed by atoms with van der Waals surface area (Å²) >= 11 is 5.85. The average Bonchev–Trinajstić information content (AvgIpc) is 2.44. The standard InChI is InChI=1S/C14H17ClN2O4/c1-14(7-16-8-14)21-6-12(18)17-11-4-3-9(15)5-10(11)13(19)20-2/h3-5,16H,6-8H2,1-2H3,(H,17,18). The van der Waals surface area contributed by atoms with Crippen LogP contribution in [0.4, 0.5) is 5.69 Å². The van der Waals surface area contributed by atoms with Crippen molar-refractivity contribution in [2.75, 3.05) is 32.1 Å². The lowest BCUT2D eigenvalue weighted by atomic mass is 10.0. The lowest BCUT2D eigenvalue weighted by Crippen LogP contribution is -2.59. The molecule has 1 saturated heterocycles. The molecule has 2 N–H and O–H groups in total. The van der Waals surface area contributed by atoms with Crippen LogP contribution in [0, 0.1) is 0 Å². The first-order chi connectivity index (χ1) is 9.93. The molecule has 7 heteroatoms. The number of benzene rings is 1. The molecule has 6 nitrogen and oxygen atoms in total. The van der Waals surface area contributed by atoms with Gasteiger partial charge in [0.1, 0.15) is 6.61 Å². The minimum Gasteiger partial charge on any atom is -0.465 e. The third-order valence-electron chi connectivity index (χ3n) is 3.21. The molecule has 2 rings (SSSR count). The van der Waals surface area contributed by atoms with Gasteiger partial charge in [0.2, 0.25) is 5.91 Å². The molecule has 1 aliphatic heterocycles. The highest BCUT2D eigenvalue weighted by atomic mass is 35.5. The topological polar surface area (TPSA) is 76.7 Å². The summed E-state index contributed by atoms with van der Waals surface area (Å²) in [7, 11) is 1.27. The summed E-state index contributed by atoms with van der Waals surface area (Å²) in [5.74, 6) is -0.903. The fraction of sp³-hybridized carbons (Fsp3) is 0.429. The number of hydrogen-bond donors (Lipinski definition) is 2. The number of ether oxygens (including phenoxy) is 2. The van der Waals surface area contributed by atoms with Crippen molar-refractivity contribution in [2.45, 2.75) is 12.5 Å². The molecule has 0 aliphatic carbocycles. The van der Waals surface area contributed by atoms with Crippen LogP contribution < -0.4 is 10.6 Å². The van der Waals surface area contributed by atoms with E-state index in [1.165, 1.54) is 13.2 Å². The third kappa shape index (κ3) is 3.93. The summed E-state index contributed by atoms with van der Waals surface area (Å²) < 4.78 is 10.2. The van der Waals surface area contributed by atoms with Crippen molar-refractivity contribution in [1.29, 1.82) is 0 Å². The van der Waals surface area contributed by atoms with Gasteiger partial charge in [0.05, 0.1) is 24.0 Å². The molecule has 0 atom stereocenters. The van der Waals surface area contributed by atoms with Crippen molar-refractivity contribution in [3.63, 3.8) is 0 Å². The number of hydrogen-bond acceptors (Lipinski definition) is 5. The number of methoxy groups -OCH3 is 1. The van der Waals surface area contributed by atoms with Gasteiger partial charge in [-0.05, 0) is 25.1 Å². The first kappa shape index (κ1) is 15.8. The zero-order valence-electron chi connectivity index (χ0n) is 11.9. The van der Waals surface area contributed by atoms with E-state index in [1.807, 2.05) is 6.92 Å². The molecule has 114 valence electrons. The zero-order chi connectivity index (χ0) is 15.5. The molecule has 1 aliphatic rings. The van der Waals surface area contributed by atoms with Gasteiger partial charge in [-0.1, -0.05) is 11.6 Å². The second-order valence-corrected chi connectivity index (χ2v) is 5.51. The summed E-state index contributed by atoms with van der Waals surface area (Å²) in [5, 5.41) is 6.10.